The molecule has 0 amide bonds. The summed E-state index contributed by atoms with van der Waals surface area (Å²) in [7, 11) is 1.85. The zero-order valence-electron chi connectivity index (χ0n) is 23.4. The molecule has 0 aliphatic carbocycles. The molecule has 0 radical (unpaired) electrons. The van der Waals surface area contributed by atoms with Crippen molar-refractivity contribution in [2.75, 3.05) is 40.9 Å². The summed E-state index contributed by atoms with van der Waals surface area (Å²) in [5.74, 6) is 0. The molecule has 0 aromatic heterocycles. The Kier molecular flexibility index (Phi) is 19.8. The molecule has 0 saturated heterocycles. The van der Waals surface area contributed by atoms with Crippen LogP contribution in [0, 0.1) is 3.57 Å². The van der Waals surface area contributed by atoms with Gasteiger partial charge in [-0.1, -0.05) is 102 Å². The second-order valence-corrected chi connectivity index (χ2v) is 13.8. The Labute approximate surface area is 236 Å². The minimum Gasteiger partial charge on any atom is -0.756 e. The van der Waals surface area contributed by atoms with Gasteiger partial charge in [0.25, 0.3) is 7.82 Å². The molecule has 36 heavy (non-hydrogen) atoms. The SMILES string of the molecule is C[N+](C)(C)CCOP(=O)([O-])OCCCCCCCCCCCCCCCCCCc1ccc([131I])cc1. The molecule has 1 aromatic rings. The normalized spacial score (nSPS) is 13.7. The number of phosphoric acid groups is 1. The van der Waals surface area contributed by atoms with Gasteiger partial charge in [-0.05, 0) is 59.5 Å². The van der Waals surface area contributed by atoms with Crippen LogP contribution in [0.2, 0.25) is 0 Å². The highest BCUT2D eigenvalue weighted by Crippen LogP contribution is 2.38. The van der Waals surface area contributed by atoms with Gasteiger partial charge in [0.05, 0.1) is 27.7 Å². The molecule has 0 heterocycles. The van der Waals surface area contributed by atoms with Crippen LogP contribution in [0.1, 0.15) is 108 Å². The number of hydrogen-bond donors (Lipinski definition) is 0. The molecule has 1 atom stereocenters. The summed E-state index contributed by atoms with van der Waals surface area (Å²) in [4.78, 5) is 11.7. The number of halogens is 1. The lowest BCUT2D eigenvalue weighted by molar-refractivity contribution is -0.870. The first-order valence-corrected chi connectivity index (χ1v) is 16.9. The smallest absolute Gasteiger partial charge is 0.268 e. The number of aryl methyl sites for hydroxylation is 1. The van der Waals surface area contributed by atoms with E-state index in [-0.39, 0.29) is 13.2 Å². The van der Waals surface area contributed by atoms with Crippen molar-refractivity contribution in [1.29, 1.82) is 0 Å². The van der Waals surface area contributed by atoms with Crippen LogP contribution in [0.5, 0.6) is 0 Å². The summed E-state index contributed by atoms with van der Waals surface area (Å²) in [6.45, 7) is 1.03. The number of nitrogens with zero attached hydrogens (tertiary/aromatic N) is 1. The van der Waals surface area contributed by atoms with Crippen molar-refractivity contribution in [2.24, 2.45) is 0 Å². The monoisotopic (exact) mass is 641 g/mol. The molecular formula is C29H53INO4P. The van der Waals surface area contributed by atoms with E-state index in [4.69, 9.17) is 9.05 Å². The number of quaternary nitrogens is 1. The number of rotatable bonds is 24. The molecule has 0 N–H and O–H groups in total. The molecule has 0 fully saturated rings. The van der Waals surface area contributed by atoms with Gasteiger partial charge in [-0.15, -0.1) is 0 Å². The van der Waals surface area contributed by atoms with Gasteiger partial charge in [-0.2, -0.15) is 0 Å². The Bertz CT molecular complexity index is 694. The molecule has 7 heteroatoms. The van der Waals surface area contributed by atoms with Crippen molar-refractivity contribution in [3.63, 3.8) is 0 Å². The highest BCUT2D eigenvalue weighted by Gasteiger charge is 2.12. The molecule has 5 nitrogen and oxygen atoms in total. The van der Waals surface area contributed by atoms with E-state index in [1.165, 1.54) is 99.0 Å². The van der Waals surface area contributed by atoms with E-state index in [0.717, 1.165) is 19.3 Å². The van der Waals surface area contributed by atoms with Crippen LogP contribution in [-0.2, 0) is 20.0 Å². The lowest BCUT2D eigenvalue weighted by Crippen LogP contribution is -2.37. The molecular weight excluding hydrogens is 588 g/mol. The predicted molar refractivity (Wildman–Crippen MR) is 159 cm³/mol. The fourth-order valence-electron chi connectivity index (χ4n) is 4.20. The lowest BCUT2D eigenvalue weighted by Gasteiger charge is -2.27. The third-order valence-electron chi connectivity index (χ3n) is 6.53. The zero-order valence-corrected chi connectivity index (χ0v) is 26.4. The van der Waals surface area contributed by atoms with E-state index in [9.17, 15) is 9.46 Å². The largest absolute Gasteiger partial charge is 0.756 e. The summed E-state index contributed by atoms with van der Waals surface area (Å²) >= 11 is 2.37. The van der Waals surface area contributed by atoms with Crippen molar-refractivity contribution < 1.29 is 23.0 Å². The Hall–Kier alpha value is 0.0200. The minimum atomic E-state index is -4.14. The molecule has 0 aliphatic heterocycles. The Balaban J connectivity index is 1.76. The summed E-state index contributed by atoms with van der Waals surface area (Å²) in [6, 6.07) is 8.95. The van der Waals surface area contributed by atoms with Crippen LogP contribution in [0.15, 0.2) is 24.3 Å². The quantitative estimate of drug-likeness (QED) is 0.0494. The molecule has 0 saturated carbocycles. The van der Waals surface area contributed by atoms with Crippen LogP contribution < -0.4 is 4.89 Å². The Morgan fingerprint density at radius 3 is 1.50 bits per heavy atom. The van der Waals surface area contributed by atoms with Crippen molar-refractivity contribution in [3.05, 3.63) is 33.4 Å². The van der Waals surface area contributed by atoms with E-state index in [1.54, 1.807) is 0 Å². The van der Waals surface area contributed by atoms with Crippen molar-refractivity contribution >= 4 is 30.4 Å². The first-order chi connectivity index (χ1) is 17.2. The number of phosphoric ester groups is 1. The maximum absolute atomic E-state index is 11.7. The highest BCUT2D eigenvalue weighted by atomic mass is 131. The molecule has 1 rings (SSSR count). The Morgan fingerprint density at radius 1 is 0.667 bits per heavy atom. The third-order valence-corrected chi connectivity index (χ3v) is 8.25. The van der Waals surface area contributed by atoms with Gasteiger partial charge in [-0.3, -0.25) is 4.57 Å². The summed E-state index contributed by atoms with van der Waals surface area (Å²) in [5, 5.41) is 0. The van der Waals surface area contributed by atoms with Gasteiger partial charge in [0, 0.05) is 3.57 Å². The topological polar surface area (TPSA) is 58.6 Å². The minimum absolute atomic E-state index is 0.166. The van der Waals surface area contributed by atoms with Crippen LogP contribution >= 0.6 is 30.4 Å². The maximum atomic E-state index is 11.7. The molecule has 1 unspecified atom stereocenters. The number of benzene rings is 1. The third kappa shape index (κ3) is 22.0. The molecule has 0 bridgehead atoms. The summed E-state index contributed by atoms with van der Waals surface area (Å²) < 4.78 is 23.6. The zero-order chi connectivity index (χ0) is 26.5. The molecule has 0 spiro atoms. The van der Waals surface area contributed by atoms with Gasteiger partial charge in [0.15, 0.2) is 0 Å². The number of unbranched alkanes of at least 4 members (excludes halogenated alkanes) is 15. The number of likely N-dealkylation sites (N-methyl/N-ethyl adjacent to an activating group) is 1. The van der Waals surface area contributed by atoms with Crippen molar-refractivity contribution in [1.82, 2.24) is 0 Å². The first kappa shape index (κ1) is 34.0. The Morgan fingerprint density at radius 2 is 1.06 bits per heavy atom. The fraction of sp³-hybridized carbons (Fsp3) is 0.793. The molecule has 210 valence electrons. The van der Waals surface area contributed by atoms with Gasteiger partial charge >= 0.3 is 0 Å². The van der Waals surface area contributed by atoms with E-state index >= 15 is 0 Å². The van der Waals surface area contributed by atoms with E-state index < -0.39 is 7.82 Å². The van der Waals surface area contributed by atoms with Gasteiger partial charge in [0.1, 0.15) is 13.2 Å². The predicted octanol–water partition coefficient (Wildman–Crippen LogP) is 8.28. The first-order valence-electron chi connectivity index (χ1n) is 14.3. The van der Waals surface area contributed by atoms with Crippen molar-refractivity contribution in [3.8, 4) is 0 Å². The van der Waals surface area contributed by atoms with Gasteiger partial charge in [-0.25, -0.2) is 0 Å². The van der Waals surface area contributed by atoms with Crippen LogP contribution in [0.3, 0.4) is 0 Å². The fourth-order valence-corrected chi connectivity index (χ4v) is 5.29. The van der Waals surface area contributed by atoms with Gasteiger partial charge < -0.3 is 18.4 Å². The molecule has 0 aliphatic rings. The summed E-state index contributed by atoms with van der Waals surface area (Å²) in [5.41, 5.74) is 1.48. The number of hydrogen-bond acceptors (Lipinski definition) is 4. The maximum Gasteiger partial charge on any atom is 0.268 e. The van der Waals surface area contributed by atoms with Crippen molar-refractivity contribution in [2.45, 2.75) is 109 Å². The average Bonchev–Trinajstić information content (AvgIpc) is 2.80. The highest BCUT2D eigenvalue weighted by molar-refractivity contribution is 14.1. The van der Waals surface area contributed by atoms with E-state index in [1.807, 2.05) is 21.1 Å². The summed E-state index contributed by atoms with van der Waals surface area (Å²) in [6.07, 6.45) is 21.8. The second kappa shape index (κ2) is 20.9. The van der Waals surface area contributed by atoms with Gasteiger partial charge in [0.2, 0.25) is 0 Å². The van der Waals surface area contributed by atoms with E-state index in [2.05, 4.69) is 46.9 Å². The second-order valence-electron chi connectivity index (χ2n) is 11.2. The van der Waals surface area contributed by atoms with Crippen LogP contribution in [-0.4, -0.2) is 45.4 Å². The molecule has 1 aromatic carbocycles. The van der Waals surface area contributed by atoms with Crippen LogP contribution in [0.4, 0.5) is 0 Å². The lowest BCUT2D eigenvalue weighted by atomic mass is 10.0. The van der Waals surface area contributed by atoms with E-state index in [0.29, 0.717) is 11.0 Å². The standard InChI is InChI=1S/C29H53INO4P/c1-31(2,3)25-27-35-36(32,33)34-26-19-17-15-13-11-9-7-5-4-6-8-10-12-14-16-18-20-28-21-23-29(30)24-22-28/h21-24H,4-20,25-27H2,1-3H3/i30+4. The average molecular weight is 642 g/mol. The van der Waals surface area contributed by atoms with Crippen LogP contribution in [0.25, 0.3) is 0 Å².